The van der Waals surface area contributed by atoms with E-state index in [1.165, 1.54) is 6.42 Å². The third-order valence-corrected chi connectivity index (χ3v) is 2.95. The standard InChI is InChI=1S/C11H22N2O/c1-2-3-6-11(14)13-7-4-5-10(8-12)9-13/h10H,2-9,12H2,1H3. The number of unbranched alkanes of at least 4 members (excludes halogenated alkanes) is 1. The lowest BCUT2D eigenvalue weighted by molar-refractivity contribution is -0.133. The number of nitrogens with two attached hydrogens (primary N) is 1. The van der Waals surface area contributed by atoms with E-state index in [4.69, 9.17) is 5.73 Å². The Balaban J connectivity index is 2.31. The normalized spacial score (nSPS) is 22.4. The number of amides is 1. The highest BCUT2D eigenvalue weighted by Crippen LogP contribution is 2.16. The lowest BCUT2D eigenvalue weighted by Crippen LogP contribution is -2.41. The van der Waals surface area contributed by atoms with Gasteiger partial charge in [-0.2, -0.15) is 0 Å². The Bertz CT molecular complexity index is 182. The Morgan fingerprint density at radius 1 is 1.57 bits per heavy atom. The van der Waals surface area contributed by atoms with Crippen LogP contribution in [0.3, 0.4) is 0 Å². The van der Waals surface area contributed by atoms with Crippen LogP contribution >= 0.6 is 0 Å². The molecule has 0 bridgehead atoms. The van der Waals surface area contributed by atoms with E-state index >= 15 is 0 Å². The van der Waals surface area contributed by atoms with Crippen molar-refractivity contribution in [3.63, 3.8) is 0 Å². The van der Waals surface area contributed by atoms with Gasteiger partial charge in [0.1, 0.15) is 0 Å². The number of carbonyl (C=O) groups excluding carboxylic acids is 1. The summed E-state index contributed by atoms with van der Waals surface area (Å²) < 4.78 is 0. The van der Waals surface area contributed by atoms with Gasteiger partial charge in [-0.1, -0.05) is 13.3 Å². The maximum Gasteiger partial charge on any atom is 0.222 e. The van der Waals surface area contributed by atoms with Crippen molar-refractivity contribution < 1.29 is 4.79 Å². The lowest BCUT2D eigenvalue weighted by atomic mass is 9.98. The van der Waals surface area contributed by atoms with Crippen LogP contribution in [0.25, 0.3) is 0 Å². The van der Waals surface area contributed by atoms with E-state index in [1.54, 1.807) is 0 Å². The van der Waals surface area contributed by atoms with Crippen molar-refractivity contribution in [3.05, 3.63) is 0 Å². The van der Waals surface area contributed by atoms with Crippen molar-refractivity contribution in [2.75, 3.05) is 19.6 Å². The van der Waals surface area contributed by atoms with E-state index in [0.29, 0.717) is 18.2 Å². The molecule has 0 aliphatic carbocycles. The summed E-state index contributed by atoms with van der Waals surface area (Å²) in [6.07, 6.45) is 5.14. The molecule has 1 rings (SSSR count). The first-order chi connectivity index (χ1) is 6.77. The zero-order chi connectivity index (χ0) is 10.4. The predicted octanol–water partition coefficient (Wildman–Crippen LogP) is 1.37. The molecule has 0 saturated carbocycles. The van der Waals surface area contributed by atoms with E-state index in [0.717, 1.165) is 38.9 Å². The van der Waals surface area contributed by atoms with Crippen LogP contribution < -0.4 is 5.73 Å². The smallest absolute Gasteiger partial charge is 0.222 e. The second-order valence-corrected chi connectivity index (χ2v) is 4.19. The molecule has 14 heavy (non-hydrogen) atoms. The SMILES string of the molecule is CCCCC(=O)N1CCCC(CN)C1. The topological polar surface area (TPSA) is 46.3 Å². The van der Waals surface area contributed by atoms with Crippen LogP contribution in [0.15, 0.2) is 0 Å². The largest absolute Gasteiger partial charge is 0.342 e. The fourth-order valence-electron chi connectivity index (χ4n) is 1.97. The van der Waals surface area contributed by atoms with Gasteiger partial charge in [-0.3, -0.25) is 4.79 Å². The molecule has 2 N–H and O–H groups in total. The summed E-state index contributed by atoms with van der Waals surface area (Å²) in [4.78, 5) is 13.7. The molecule has 1 atom stereocenters. The quantitative estimate of drug-likeness (QED) is 0.741. The Kier molecular flexibility index (Phi) is 4.94. The molecule has 1 aliphatic rings. The molecular formula is C11H22N2O. The van der Waals surface area contributed by atoms with E-state index in [-0.39, 0.29) is 0 Å². The minimum absolute atomic E-state index is 0.324. The molecule has 3 nitrogen and oxygen atoms in total. The second kappa shape index (κ2) is 6.02. The van der Waals surface area contributed by atoms with Crippen molar-refractivity contribution in [1.29, 1.82) is 0 Å². The first kappa shape index (κ1) is 11.5. The minimum Gasteiger partial charge on any atom is -0.342 e. The van der Waals surface area contributed by atoms with Crippen LogP contribution in [0.1, 0.15) is 39.0 Å². The molecular weight excluding hydrogens is 176 g/mol. The van der Waals surface area contributed by atoms with E-state index in [9.17, 15) is 4.79 Å². The summed E-state index contributed by atoms with van der Waals surface area (Å²) in [5, 5.41) is 0. The molecule has 0 aromatic rings. The highest BCUT2D eigenvalue weighted by Gasteiger charge is 2.21. The number of likely N-dealkylation sites (tertiary alicyclic amines) is 1. The number of piperidine rings is 1. The molecule has 1 saturated heterocycles. The van der Waals surface area contributed by atoms with Gasteiger partial charge in [-0.25, -0.2) is 0 Å². The molecule has 3 heteroatoms. The van der Waals surface area contributed by atoms with Crippen LogP contribution in [0.2, 0.25) is 0 Å². The van der Waals surface area contributed by atoms with Crippen molar-refractivity contribution in [2.24, 2.45) is 11.7 Å². The van der Waals surface area contributed by atoms with Gasteiger partial charge >= 0.3 is 0 Å². The number of hydrogen-bond acceptors (Lipinski definition) is 2. The molecule has 0 aromatic carbocycles. The Hall–Kier alpha value is -0.570. The van der Waals surface area contributed by atoms with Crippen LogP contribution in [-0.4, -0.2) is 30.4 Å². The van der Waals surface area contributed by atoms with Gasteiger partial charge in [-0.15, -0.1) is 0 Å². The Morgan fingerprint density at radius 3 is 3.00 bits per heavy atom. The number of carbonyl (C=O) groups is 1. The van der Waals surface area contributed by atoms with Gasteiger partial charge in [0.15, 0.2) is 0 Å². The number of hydrogen-bond donors (Lipinski definition) is 1. The Morgan fingerprint density at radius 2 is 2.36 bits per heavy atom. The highest BCUT2D eigenvalue weighted by atomic mass is 16.2. The first-order valence-corrected chi connectivity index (χ1v) is 5.75. The van der Waals surface area contributed by atoms with Crippen LogP contribution in [0.5, 0.6) is 0 Å². The summed E-state index contributed by atoms with van der Waals surface area (Å²) in [6, 6.07) is 0. The average molecular weight is 198 g/mol. The van der Waals surface area contributed by atoms with Crippen molar-refractivity contribution in [1.82, 2.24) is 4.90 Å². The average Bonchev–Trinajstić information content (AvgIpc) is 2.26. The molecule has 0 spiro atoms. The third-order valence-electron chi connectivity index (χ3n) is 2.95. The van der Waals surface area contributed by atoms with E-state index in [1.807, 2.05) is 4.90 Å². The van der Waals surface area contributed by atoms with E-state index < -0.39 is 0 Å². The van der Waals surface area contributed by atoms with Gasteiger partial charge in [0.2, 0.25) is 5.91 Å². The summed E-state index contributed by atoms with van der Waals surface area (Å²) >= 11 is 0. The van der Waals surface area contributed by atoms with Gasteiger partial charge in [0.05, 0.1) is 0 Å². The first-order valence-electron chi connectivity index (χ1n) is 5.75. The second-order valence-electron chi connectivity index (χ2n) is 4.19. The van der Waals surface area contributed by atoms with Crippen molar-refractivity contribution in [3.8, 4) is 0 Å². The lowest BCUT2D eigenvalue weighted by Gasteiger charge is -2.32. The number of nitrogens with zero attached hydrogens (tertiary/aromatic N) is 1. The van der Waals surface area contributed by atoms with Crippen LogP contribution in [0, 0.1) is 5.92 Å². The zero-order valence-corrected chi connectivity index (χ0v) is 9.17. The van der Waals surface area contributed by atoms with Gasteiger partial charge < -0.3 is 10.6 Å². The fraction of sp³-hybridized carbons (Fsp3) is 0.909. The van der Waals surface area contributed by atoms with Crippen LogP contribution in [-0.2, 0) is 4.79 Å². The number of rotatable bonds is 4. The van der Waals surface area contributed by atoms with Crippen molar-refractivity contribution >= 4 is 5.91 Å². The van der Waals surface area contributed by atoms with E-state index in [2.05, 4.69) is 6.92 Å². The predicted molar refractivity (Wildman–Crippen MR) is 57.9 cm³/mol. The molecule has 82 valence electrons. The zero-order valence-electron chi connectivity index (χ0n) is 9.17. The molecule has 1 unspecified atom stereocenters. The summed E-state index contributed by atoms with van der Waals surface area (Å²) in [6.45, 7) is 4.67. The maximum absolute atomic E-state index is 11.7. The van der Waals surface area contributed by atoms with Gasteiger partial charge in [0.25, 0.3) is 0 Å². The summed E-state index contributed by atoms with van der Waals surface area (Å²) in [5.41, 5.74) is 5.63. The molecule has 1 fully saturated rings. The summed E-state index contributed by atoms with van der Waals surface area (Å²) in [5.74, 6) is 0.860. The third kappa shape index (κ3) is 3.29. The minimum atomic E-state index is 0.324. The van der Waals surface area contributed by atoms with Crippen molar-refractivity contribution in [2.45, 2.75) is 39.0 Å². The molecule has 0 aromatic heterocycles. The monoisotopic (exact) mass is 198 g/mol. The molecule has 1 heterocycles. The Labute approximate surface area is 86.6 Å². The van der Waals surface area contributed by atoms with Crippen LogP contribution in [0.4, 0.5) is 0 Å². The highest BCUT2D eigenvalue weighted by molar-refractivity contribution is 5.76. The van der Waals surface area contributed by atoms with Gasteiger partial charge in [0, 0.05) is 19.5 Å². The maximum atomic E-state index is 11.7. The summed E-state index contributed by atoms with van der Waals surface area (Å²) in [7, 11) is 0. The van der Waals surface area contributed by atoms with Gasteiger partial charge in [-0.05, 0) is 31.7 Å². The molecule has 1 amide bonds. The fourth-order valence-corrected chi connectivity index (χ4v) is 1.97. The molecule has 1 aliphatic heterocycles. The molecule has 0 radical (unpaired) electrons.